The van der Waals surface area contributed by atoms with Crippen molar-refractivity contribution in [2.45, 2.75) is 18.7 Å². The summed E-state index contributed by atoms with van der Waals surface area (Å²) in [4.78, 5) is 13.1. The van der Waals surface area contributed by atoms with Crippen molar-refractivity contribution in [2.75, 3.05) is 24.3 Å². The molecule has 0 fully saturated rings. The van der Waals surface area contributed by atoms with Crippen LogP contribution in [0.15, 0.2) is 47.4 Å². The number of thioether (sulfide) groups is 1. The number of halogens is 1. The van der Waals surface area contributed by atoms with Crippen LogP contribution in [0.4, 0.5) is 5.69 Å². The zero-order chi connectivity index (χ0) is 17.4. The van der Waals surface area contributed by atoms with Crippen LogP contribution in [0.2, 0.25) is 5.02 Å². The van der Waals surface area contributed by atoms with Gasteiger partial charge < -0.3 is 14.8 Å². The van der Waals surface area contributed by atoms with Gasteiger partial charge in [0.15, 0.2) is 11.5 Å². The van der Waals surface area contributed by atoms with Gasteiger partial charge in [-0.15, -0.1) is 11.8 Å². The third kappa shape index (κ3) is 5.65. The molecule has 2 aromatic carbocycles. The molecule has 0 radical (unpaired) electrons. The van der Waals surface area contributed by atoms with E-state index in [2.05, 4.69) is 5.32 Å². The summed E-state index contributed by atoms with van der Waals surface area (Å²) in [5.74, 6) is 1.51. The van der Waals surface area contributed by atoms with Crippen molar-refractivity contribution < 1.29 is 14.3 Å². The monoisotopic (exact) mass is 365 g/mol. The molecule has 4 nitrogen and oxygen atoms in total. The van der Waals surface area contributed by atoms with Crippen LogP contribution in [0.3, 0.4) is 0 Å². The topological polar surface area (TPSA) is 47.6 Å². The molecule has 0 aliphatic heterocycles. The van der Waals surface area contributed by atoms with Crippen LogP contribution in [0.1, 0.15) is 13.8 Å². The summed E-state index contributed by atoms with van der Waals surface area (Å²) in [5.41, 5.74) is 0.679. The van der Waals surface area contributed by atoms with Crippen LogP contribution in [-0.2, 0) is 4.79 Å². The Labute approximate surface area is 151 Å². The predicted molar refractivity (Wildman–Crippen MR) is 99.6 cm³/mol. The van der Waals surface area contributed by atoms with Crippen molar-refractivity contribution in [2.24, 2.45) is 0 Å². The highest BCUT2D eigenvalue weighted by atomic mass is 35.5. The van der Waals surface area contributed by atoms with Crippen LogP contribution < -0.4 is 14.8 Å². The number of rotatable bonds is 8. The molecule has 0 saturated carbocycles. The van der Waals surface area contributed by atoms with Gasteiger partial charge in [0, 0.05) is 21.7 Å². The van der Waals surface area contributed by atoms with Crippen LogP contribution in [0.5, 0.6) is 11.5 Å². The summed E-state index contributed by atoms with van der Waals surface area (Å²) in [5, 5.41) is 3.53. The van der Waals surface area contributed by atoms with Crippen molar-refractivity contribution in [3.8, 4) is 11.5 Å². The number of hydrogen-bond acceptors (Lipinski definition) is 4. The van der Waals surface area contributed by atoms with Crippen molar-refractivity contribution in [3.63, 3.8) is 0 Å². The molecule has 1 N–H and O–H groups in total. The lowest BCUT2D eigenvalue weighted by Crippen LogP contribution is -2.14. The van der Waals surface area contributed by atoms with E-state index in [1.807, 2.05) is 32.0 Å². The smallest absolute Gasteiger partial charge is 0.234 e. The van der Waals surface area contributed by atoms with E-state index in [-0.39, 0.29) is 5.91 Å². The van der Waals surface area contributed by atoms with E-state index in [1.54, 1.807) is 24.3 Å². The highest BCUT2D eigenvalue weighted by Crippen LogP contribution is 2.31. The molecule has 0 aromatic heterocycles. The Morgan fingerprint density at radius 3 is 2.54 bits per heavy atom. The van der Waals surface area contributed by atoms with Gasteiger partial charge in [0.25, 0.3) is 0 Å². The molecule has 0 heterocycles. The third-order valence-corrected chi connectivity index (χ3v) is 4.22. The molecule has 0 aliphatic rings. The van der Waals surface area contributed by atoms with Gasteiger partial charge in [-0.25, -0.2) is 0 Å². The Bertz CT molecular complexity index is 694. The molecule has 0 saturated heterocycles. The van der Waals surface area contributed by atoms with Gasteiger partial charge in [0.1, 0.15) is 0 Å². The number of nitrogens with one attached hydrogen (secondary N) is 1. The van der Waals surface area contributed by atoms with Gasteiger partial charge in [-0.05, 0) is 44.2 Å². The fourth-order valence-corrected chi connectivity index (χ4v) is 3.04. The number of hydrogen-bond donors (Lipinski definition) is 1. The summed E-state index contributed by atoms with van der Waals surface area (Å²) < 4.78 is 11.1. The number of anilines is 1. The molecule has 0 unspecified atom stereocenters. The number of carbonyl (C=O) groups excluding carboxylic acids is 1. The Balaban J connectivity index is 1.96. The van der Waals surface area contributed by atoms with Crippen LogP contribution in [0.25, 0.3) is 0 Å². The lowest BCUT2D eigenvalue weighted by atomic mass is 10.2. The molecule has 0 atom stereocenters. The Morgan fingerprint density at radius 1 is 1.08 bits per heavy atom. The highest BCUT2D eigenvalue weighted by Gasteiger charge is 2.09. The first-order valence-electron chi connectivity index (χ1n) is 7.70. The maximum absolute atomic E-state index is 12.1. The van der Waals surface area contributed by atoms with E-state index in [0.717, 1.165) is 4.90 Å². The lowest BCUT2D eigenvalue weighted by Gasteiger charge is -2.13. The molecular weight excluding hydrogens is 346 g/mol. The zero-order valence-corrected chi connectivity index (χ0v) is 15.2. The number of benzene rings is 2. The van der Waals surface area contributed by atoms with E-state index in [4.69, 9.17) is 21.1 Å². The second kappa shape index (κ2) is 9.45. The fourth-order valence-electron chi connectivity index (χ4n) is 2.03. The van der Waals surface area contributed by atoms with Gasteiger partial charge in [-0.3, -0.25) is 4.79 Å². The summed E-state index contributed by atoms with van der Waals surface area (Å²) in [6, 6.07) is 12.8. The molecule has 2 rings (SSSR count). The first-order chi connectivity index (χ1) is 11.6. The zero-order valence-electron chi connectivity index (χ0n) is 13.7. The molecule has 24 heavy (non-hydrogen) atoms. The molecule has 0 bridgehead atoms. The molecular formula is C18H20ClNO3S. The lowest BCUT2D eigenvalue weighted by molar-refractivity contribution is -0.113. The Hall–Kier alpha value is -1.85. The number of amides is 1. The van der Waals surface area contributed by atoms with Gasteiger partial charge in [0.2, 0.25) is 5.91 Å². The number of carbonyl (C=O) groups is 1. The van der Waals surface area contributed by atoms with Gasteiger partial charge in [-0.2, -0.15) is 0 Å². The summed E-state index contributed by atoms with van der Waals surface area (Å²) >= 11 is 7.37. The SMILES string of the molecule is CCOc1ccc(NC(=O)CSc2cccc(Cl)c2)cc1OCC. The quantitative estimate of drug-likeness (QED) is 0.678. The van der Waals surface area contributed by atoms with Crippen molar-refractivity contribution in [3.05, 3.63) is 47.5 Å². The van der Waals surface area contributed by atoms with Gasteiger partial charge in [0.05, 0.1) is 19.0 Å². The van der Waals surface area contributed by atoms with Crippen LogP contribution in [-0.4, -0.2) is 24.9 Å². The minimum atomic E-state index is -0.0911. The Morgan fingerprint density at radius 2 is 1.83 bits per heavy atom. The van der Waals surface area contributed by atoms with Crippen molar-refractivity contribution in [1.82, 2.24) is 0 Å². The first kappa shape index (κ1) is 18.5. The van der Waals surface area contributed by atoms with Crippen LogP contribution in [0, 0.1) is 0 Å². The first-order valence-corrected chi connectivity index (χ1v) is 9.06. The maximum atomic E-state index is 12.1. The minimum absolute atomic E-state index is 0.0911. The molecule has 1 amide bonds. The highest BCUT2D eigenvalue weighted by molar-refractivity contribution is 8.00. The van der Waals surface area contributed by atoms with E-state index < -0.39 is 0 Å². The molecule has 0 aliphatic carbocycles. The molecule has 2 aromatic rings. The third-order valence-electron chi connectivity index (χ3n) is 2.99. The Kier molecular flexibility index (Phi) is 7.28. The second-order valence-electron chi connectivity index (χ2n) is 4.82. The average Bonchev–Trinajstić information content (AvgIpc) is 2.56. The van der Waals surface area contributed by atoms with Gasteiger partial charge >= 0.3 is 0 Å². The second-order valence-corrected chi connectivity index (χ2v) is 6.31. The van der Waals surface area contributed by atoms with E-state index >= 15 is 0 Å². The van der Waals surface area contributed by atoms with E-state index in [9.17, 15) is 4.79 Å². The molecule has 0 spiro atoms. The van der Waals surface area contributed by atoms with E-state index in [1.165, 1.54) is 11.8 Å². The molecule has 6 heteroatoms. The van der Waals surface area contributed by atoms with Crippen molar-refractivity contribution in [1.29, 1.82) is 0 Å². The normalized spacial score (nSPS) is 10.3. The minimum Gasteiger partial charge on any atom is -0.490 e. The number of ether oxygens (including phenoxy) is 2. The van der Waals surface area contributed by atoms with E-state index in [0.29, 0.717) is 41.2 Å². The van der Waals surface area contributed by atoms with Crippen molar-refractivity contribution >= 4 is 35.0 Å². The largest absolute Gasteiger partial charge is 0.490 e. The predicted octanol–water partition coefficient (Wildman–Crippen LogP) is 4.87. The fraction of sp³-hybridized carbons (Fsp3) is 0.278. The molecule has 128 valence electrons. The average molecular weight is 366 g/mol. The summed E-state index contributed by atoms with van der Waals surface area (Å²) in [7, 11) is 0. The maximum Gasteiger partial charge on any atom is 0.234 e. The van der Waals surface area contributed by atoms with Crippen LogP contribution >= 0.6 is 23.4 Å². The standard InChI is InChI=1S/C18H20ClNO3S/c1-3-22-16-9-8-14(11-17(16)23-4-2)20-18(21)12-24-15-7-5-6-13(19)10-15/h5-11H,3-4,12H2,1-2H3,(H,20,21). The summed E-state index contributed by atoms with van der Waals surface area (Å²) in [6.07, 6.45) is 0. The van der Waals surface area contributed by atoms with Gasteiger partial charge in [-0.1, -0.05) is 17.7 Å². The summed E-state index contributed by atoms with van der Waals surface area (Å²) in [6.45, 7) is 4.91.